The van der Waals surface area contributed by atoms with Crippen molar-refractivity contribution in [2.45, 2.75) is 25.3 Å². The van der Waals surface area contributed by atoms with Crippen LogP contribution < -0.4 is 16.9 Å². The molecule has 2 aromatic heterocycles. The number of hydrogen-bond donors (Lipinski definition) is 4. The number of nitrogen functional groups attached to an aromatic ring is 1. The smallest absolute Gasteiger partial charge is 0.348 e. The maximum absolute atomic E-state index is 11.4. The third-order valence-corrected chi connectivity index (χ3v) is 3.75. The Morgan fingerprint density at radius 3 is 3.10 bits per heavy atom. The predicted molar refractivity (Wildman–Crippen MR) is 68.9 cm³/mol. The van der Waals surface area contributed by atoms with Crippen molar-refractivity contribution in [2.24, 2.45) is 5.92 Å². The first-order valence-corrected chi connectivity index (χ1v) is 6.26. The number of hydroxylamine groups is 1. The molecular weight excluding hydrogens is 264 g/mol. The Bertz CT molecular complexity index is 721. The van der Waals surface area contributed by atoms with Crippen molar-refractivity contribution in [1.29, 1.82) is 0 Å². The number of nitrogens with zero attached hydrogens (tertiary/aromatic N) is 3. The Kier molecular flexibility index (Phi) is 2.90. The molecule has 1 aliphatic rings. The molecule has 1 fully saturated rings. The Balaban J connectivity index is 1.96. The maximum Gasteiger partial charge on any atom is 0.348 e. The van der Waals surface area contributed by atoms with Gasteiger partial charge in [-0.2, -0.15) is 4.98 Å². The van der Waals surface area contributed by atoms with Crippen LogP contribution in [-0.4, -0.2) is 30.6 Å². The van der Waals surface area contributed by atoms with E-state index < -0.39 is 5.69 Å². The number of nitrogens with two attached hydrogens (primary N) is 1. The van der Waals surface area contributed by atoms with Crippen LogP contribution in [0.4, 0.5) is 5.82 Å². The molecule has 9 heteroatoms. The van der Waals surface area contributed by atoms with Crippen molar-refractivity contribution in [2.75, 3.05) is 5.73 Å². The fraction of sp³-hybridized carbons (Fsp3) is 0.455. The third kappa shape index (κ3) is 1.92. The molecule has 2 atom stereocenters. The van der Waals surface area contributed by atoms with Crippen LogP contribution in [0.25, 0.3) is 11.2 Å². The van der Waals surface area contributed by atoms with E-state index in [0.29, 0.717) is 24.0 Å². The zero-order valence-electron chi connectivity index (χ0n) is 10.5. The molecule has 0 radical (unpaired) electrons. The van der Waals surface area contributed by atoms with Gasteiger partial charge in [-0.05, 0) is 19.3 Å². The molecule has 9 nitrogen and oxygen atoms in total. The summed E-state index contributed by atoms with van der Waals surface area (Å²) >= 11 is 0. The van der Waals surface area contributed by atoms with Crippen LogP contribution in [0.2, 0.25) is 0 Å². The molecule has 2 aromatic rings. The van der Waals surface area contributed by atoms with Crippen molar-refractivity contribution < 1.29 is 10.0 Å². The number of nitrogens with one attached hydrogen (secondary N) is 2. The molecule has 1 aliphatic carbocycles. The van der Waals surface area contributed by atoms with Crippen LogP contribution in [0.5, 0.6) is 0 Å². The molecule has 2 heterocycles. The lowest BCUT2D eigenvalue weighted by molar-refractivity contribution is -0.133. The van der Waals surface area contributed by atoms with Crippen molar-refractivity contribution >= 4 is 22.9 Å². The molecule has 0 unspecified atom stereocenters. The SMILES string of the molecule is Nc1[nH]c(=O)nc2c1ncn2[C@@H]1CC[C@@H](C(=O)NO)C1. The van der Waals surface area contributed by atoms with Gasteiger partial charge in [0, 0.05) is 12.0 Å². The molecule has 106 valence electrons. The Morgan fingerprint density at radius 2 is 2.35 bits per heavy atom. The normalized spacial score (nSPS) is 22.2. The van der Waals surface area contributed by atoms with Crippen LogP contribution in [0.1, 0.15) is 25.3 Å². The Labute approximate surface area is 112 Å². The highest BCUT2D eigenvalue weighted by atomic mass is 16.5. The fourth-order valence-corrected chi connectivity index (χ4v) is 2.76. The van der Waals surface area contributed by atoms with Gasteiger partial charge in [-0.25, -0.2) is 15.3 Å². The minimum Gasteiger partial charge on any atom is -0.383 e. The Hall–Kier alpha value is -2.42. The number of aromatic nitrogens is 4. The molecule has 0 spiro atoms. The number of fused-ring (bicyclic) bond motifs is 1. The second-order valence-corrected chi connectivity index (χ2v) is 4.92. The van der Waals surface area contributed by atoms with E-state index in [4.69, 9.17) is 10.9 Å². The summed E-state index contributed by atoms with van der Waals surface area (Å²) in [5.41, 5.74) is 7.70. The van der Waals surface area contributed by atoms with Crippen molar-refractivity contribution in [3.05, 3.63) is 16.8 Å². The van der Waals surface area contributed by atoms with E-state index >= 15 is 0 Å². The maximum atomic E-state index is 11.4. The molecule has 3 rings (SSSR count). The summed E-state index contributed by atoms with van der Waals surface area (Å²) in [6.07, 6.45) is 3.55. The second kappa shape index (κ2) is 4.60. The van der Waals surface area contributed by atoms with E-state index in [1.54, 1.807) is 16.4 Å². The number of carbonyl (C=O) groups is 1. The van der Waals surface area contributed by atoms with E-state index in [9.17, 15) is 9.59 Å². The second-order valence-electron chi connectivity index (χ2n) is 4.92. The molecular formula is C11H14N6O3. The average Bonchev–Trinajstić information content (AvgIpc) is 3.03. The highest BCUT2D eigenvalue weighted by Gasteiger charge is 2.31. The third-order valence-electron chi connectivity index (χ3n) is 3.75. The molecule has 0 aromatic carbocycles. The van der Waals surface area contributed by atoms with Crippen LogP contribution in [0, 0.1) is 5.92 Å². The number of H-pyrrole nitrogens is 1. The van der Waals surface area contributed by atoms with Crippen LogP contribution in [0.3, 0.4) is 0 Å². The van der Waals surface area contributed by atoms with Crippen molar-refractivity contribution in [3.63, 3.8) is 0 Å². The van der Waals surface area contributed by atoms with Gasteiger partial charge in [0.2, 0.25) is 5.91 Å². The van der Waals surface area contributed by atoms with Crippen molar-refractivity contribution in [3.8, 4) is 0 Å². The standard InChI is InChI=1S/C11H14N6O3/c12-8-7-9(15-11(19)14-8)17(4-13-7)6-2-1-5(3-6)10(18)16-20/h4-6,20H,1-3H2,(H,16,18)(H3,12,14,15,19)/t5-,6-/m1/s1. The van der Waals surface area contributed by atoms with E-state index in [0.717, 1.165) is 6.42 Å². The van der Waals surface area contributed by atoms with Gasteiger partial charge in [0.25, 0.3) is 0 Å². The van der Waals surface area contributed by atoms with Gasteiger partial charge >= 0.3 is 5.69 Å². The number of amides is 1. The van der Waals surface area contributed by atoms with Gasteiger partial charge in [-0.1, -0.05) is 0 Å². The molecule has 5 N–H and O–H groups in total. The van der Waals surface area contributed by atoms with E-state index in [-0.39, 0.29) is 23.7 Å². The first-order valence-electron chi connectivity index (χ1n) is 6.26. The minimum atomic E-state index is -0.528. The summed E-state index contributed by atoms with van der Waals surface area (Å²) in [5, 5.41) is 8.66. The van der Waals surface area contributed by atoms with Crippen molar-refractivity contribution in [1.82, 2.24) is 25.0 Å². The summed E-state index contributed by atoms with van der Waals surface area (Å²) in [6, 6.07) is 0.0102. The van der Waals surface area contributed by atoms with E-state index in [2.05, 4.69) is 15.0 Å². The number of rotatable bonds is 2. The highest BCUT2D eigenvalue weighted by Crippen LogP contribution is 2.36. The Morgan fingerprint density at radius 1 is 1.55 bits per heavy atom. The lowest BCUT2D eigenvalue weighted by Gasteiger charge is -2.12. The van der Waals surface area contributed by atoms with Gasteiger partial charge in [0.05, 0.1) is 6.33 Å². The number of anilines is 1. The molecule has 0 bridgehead atoms. The van der Waals surface area contributed by atoms with Gasteiger partial charge in [0.1, 0.15) is 11.3 Å². The molecule has 1 saturated carbocycles. The molecule has 0 saturated heterocycles. The zero-order chi connectivity index (χ0) is 14.3. The molecule has 20 heavy (non-hydrogen) atoms. The van der Waals surface area contributed by atoms with Gasteiger partial charge in [-0.3, -0.25) is 15.0 Å². The van der Waals surface area contributed by atoms with Gasteiger partial charge < -0.3 is 10.3 Å². The van der Waals surface area contributed by atoms with Crippen LogP contribution in [0.15, 0.2) is 11.1 Å². The lowest BCUT2D eigenvalue weighted by Crippen LogP contribution is -2.26. The minimum absolute atomic E-state index is 0.0102. The topological polar surface area (TPSA) is 139 Å². The monoisotopic (exact) mass is 278 g/mol. The van der Waals surface area contributed by atoms with Gasteiger partial charge in [0.15, 0.2) is 5.65 Å². The lowest BCUT2D eigenvalue weighted by atomic mass is 10.1. The van der Waals surface area contributed by atoms with E-state index in [1.165, 1.54) is 0 Å². The largest absolute Gasteiger partial charge is 0.383 e. The number of hydrogen-bond acceptors (Lipinski definition) is 6. The summed E-state index contributed by atoms with van der Waals surface area (Å²) < 4.78 is 1.77. The molecule has 0 aliphatic heterocycles. The van der Waals surface area contributed by atoms with Crippen LogP contribution >= 0.6 is 0 Å². The summed E-state index contributed by atoms with van der Waals surface area (Å²) in [4.78, 5) is 33.3. The summed E-state index contributed by atoms with van der Waals surface area (Å²) in [5.74, 6) is -0.453. The molecule has 1 amide bonds. The first kappa shape index (κ1) is 12.6. The number of carbonyl (C=O) groups excluding carboxylic acids is 1. The first-order chi connectivity index (χ1) is 9.60. The van der Waals surface area contributed by atoms with Gasteiger partial charge in [-0.15, -0.1) is 0 Å². The number of imidazole rings is 1. The summed E-state index contributed by atoms with van der Waals surface area (Å²) in [6.45, 7) is 0. The predicted octanol–water partition coefficient (Wildman–Crippen LogP) is -0.452. The highest BCUT2D eigenvalue weighted by molar-refractivity contribution is 5.81. The number of aromatic amines is 1. The summed E-state index contributed by atoms with van der Waals surface area (Å²) in [7, 11) is 0. The fourth-order valence-electron chi connectivity index (χ4n) is 2.76. The quantitative estimate of drug-likeness (QED) is 0.433. The zero-order valence-corrected chi connectivity index (χ0v) is 10.5. The van der Waals surface area contributed by atoms with E-state index in [1.807, 2.05) is 0 Å². The van der Waals surface area contributed by atoms with Crippen LogP contribution in [-0.2, 0) is 4.79 Å². The average molecular weight is 278 g/mol.